The highest BCUT2D eigenvalue weighted by Crippen LogP contribution is 2.33. The topological polar surface area (TPSA) is 9.23 Å². The Morgan fingerprint density at radius 3 is 2.25 bits per heavy atom. The molecule has 0 radical (unpaired) electrons. The van der Waals surface area contributed by atoms with Crippen molar-refractivity contribution in [2.24, 2.45) is 0 Å². The van der Waals surface area contributed by atoms with Gasteiger partial charge < -0.3 is 4.43 Å². The van der Waals surface area contributed by atoms with Crippen LogP contribution < -0.4 is 0 Å². The van der Waals surface area contributed by atoms with E-state index in [1.165, 1.54) is 37.0 Å². The van der Waals surface area contributed by atoms with E-state index < -0.39 is 8.32 Å². The van der Waals surface area contributed by atoms with E-state index in [1.54, 1.807) is 5.57 Å². The van der Waals surface area contributed by atoms with Crippen LogP contribution in [0, 0.1) is 0 Å². The summed E-state index contributed by atoms with van der Waals surface area (Å²) < 4.78 is 6.21. The highest BCUT2D eigenvalue weighted by atomic mass is 28.4. The molecule has 1 rings (SSSR count). The number of allylic oxidation sites excluding steroid dienone is 3. The van der Waals surface area contributed by atoms with Crippen molar-refractivity contribution in [1.29, 1.82) is 0 Å². The molecule has 1 aliphatic rings. The van der Waals surface area contributed by atoms with Crippen molar-refractivity contribution in [2.75, 3.05) is 0 Å². The minimum atomic E-state index is -1.44. The molecular weight excluding hydrogens is 212 g/mol. The Hall–Kier alpha value is -0.503. The summed E-state index contributed by atoms with van der Waals surface area (Å²) in [6.07, 6.45) is 8.32. The van der Waals surface area contributed by atoms with Crippen molar-refractivity contribution < 1.29 is 4.43 Å². The summed E-state index contributed by atoms with van der Waals surface area (Å²) in [4.78, 5) is 0. The van der Waals surface area contributed by atoms with Gasteiger partial charge in [-0.05, 0) is 38.1 Å². The minimum absolute atomic E-state index is 1.08. The van der Waals surface area contributed by atoms with Crippen LogP contribution in [0.1, 0.15) is 46.0 Å². The smallest absolute Gasteiger partial charge is 0.241 e. The van der Waals surface area contributed by atoms with E-state index in [-0.39, 0.29) is 0 Å². The van der Waals surface area contributed by atoms with Crippen LogP contribution in [0.4, 0.5) is 0 Å². The van der Waals surface area contributed by atoms with Gasteiger partial charge in [-0.3, -0.25) is 0 Å². The third-order valence-electron chi connectivity index (χ3n) is 2.64. The van der Waals surface area contributed by atoms with Crippen LogP contribution >= 0.6 is 0 Å². The Balaban J connectivity index is 2.71. The normalized spacial score (nSPS) is 16.7. The molecule has 0 saturated carbocycles. The number of hydrogen-bond donors (Lipinski definition) is 0. The Kier molecular flexibility index (Phi) is 4.84. The van der Waals surface area contributed by atoms with Gasteiger partial charge in [-0.1, -0.05) is 38.3 Å². The maximum Gasteiger partial charge on any atom is 0.241 e. The molecule has 0 aromatic heterocycles. The van der Waals surface area contributed by atoms with Gasteiger partial charge in [0.2, 0.25) is 8.32 Å². The van der Waals surface area contributed by atoms with Crippen molar-refractivity contribution in [1.82, 2.24) is 0 Å². The molecule has 0 fully saturated rings. The molecule has 0 aromatic carbocycles. The highest BCUT2D eigenvalue weighted by molar-refractivity contribution is 6.70. The zero-order valence-electron chi connectivity index (χ0n) is 11.5. The second-order valence-corrected chi connectivity index (χ2v) is 10.1. The molecular formula is C14H26OSi. The van der Waals surface area contributed by atoms with Gasteiger partial charge in [0.25, 0.3) is 0 Å². The van der Waals surface area contributed by atoms with Crippen LogP contribution in [0.15, 0.2) is 23.0 Å². The first-order valence-corrected chi connectivity index (χ1v) is 9.97. The molecule has 0 heterocycles. The first kappa shape index (κ1) is 13.6. The van der Waals surface area contributed by atoms with E-state index in [2.05, 4.69) is 39.6 Å². The van der Waals surface area contributed by atoms with Crippen molar-refractivity contribution in [3.63, 3.8) is 0 Å². The first-order valence-electron chi connectivity index (χ1n) is 6.56. The van der Waals surface area contributed by atoms with Crippen LogP contribution in [0.25, 0.3) is 0 Å². The predicted molar refractivity (Wildman–Crippen MR) is 74.0 cm³/mol. The maximum atomic E-state index is 6.21. The van der Waals surface area contributed by atoms with Gasteiger partial charge >= 0.3 is 0 Å². The molecule has 1 aliphatic carbocycles. The average Bonchev–Trinajstić information content (AvgIpc) is 2.46. The van der Waals surface area contributed by atoms with E-state index in [0.29, 0.717) is 0 Å². The van der Waals surface area contributed by atoms with E-state index in [4.69, 9.17) is 4.43 Å². The number of hydrogen-bond acceptors (Lipinski definition) is 1. The summed E-state index contributed by atoms with van der Waals surface area (Å²) in [5.41, 5.74) is 3.03. The van der Waals surface area contributed by atoms with Crippen LogP contribution in [-0.4, -0.2) is 8.32 Å². The Morgan fingerprint density at radius 2 is 1.75 bits per heavy atom. The molecule has 0 aliphatic heterocycles. The van der Waals surface area contributed by atoms with Crippen molar-refractivity contribution >= 4 is 8.32 Å². The van der Waals surface area contributed by atoms with E-state index in [0.717, 1.165) is 6.42 Å². The molecule has 16 heavy (non-hydrogen) atoms. The minimum Gasteiger partial charge on any atom is -0.547 e. The quantitative estimate of drug-likeness (QED) is 0.590. The zero-order valence-corrected chi connectivity index (χ0v) is 12.5. The molecule has 0 saturated heterocycles. The Bertz CT molecular complexity index is 294. The molecule has 1 nitrogen and oxygen atoms in total. The van der Waals surface area contributed by atoms with E-state index >= 15 is 0 Å². The largest absolute Gasteiger partial charge is 0.547 e. The van der Waals surface area contributed by atoms with Crippen molar-refractivity contribution in [3.05, 3.63) is 23.0 Å². The molecule has 0 unspecified atom stereocenters. The zero-order chi connectivity index (χ0) is 12.2. The van der Waals surface area contributed by atoms with Gasteiger partial charge in [0.1, 0.15) is 0 Å². The van der Waals surface area contributed by atoms with Crippen LogP contribution in [0.3, 0.4) is 0 Å². The first-order chi connectivity index (χ1) is 7.46. The fourth-order valence-electron chi connectivity index (χ4n) is 2.13. The lowest BCUT2D eigenvalue weighted by Crippen LogP contribution is -2.25. The van der Waals surface area contributed by atoms with Gasteiger partial charge in [0.05, 0.1) is 5.76 Å². The Morgan fingerprint density at radius 1 is 1.12 bits per heavy atom. The van der Waals surface area contributed by atoms with Gasteiger partial charge in [-0.2, -0.15) is 0 Å². The molecule has 0 aromatic rings. The van der Waals surface area contributed by atoms with Gasteiger partial charge in [-0.15, -0.1) is 0 Å². The average molecular weight is 238 g/mol. The SMILES string of the molecule is CCCC1=CC(CCC)=C(O[Si](C)(C)C)C1. The van der Waals surface area contributed by atoms with E-state index in [1.807, 2.05) is 0 Å². The summed E-state index contributed by atoms with van der Waals surface area (Å²) in [6.45, 7) is 11.3. The van der Waals surface area contributed by atoms with Gasteiger partial charge in [0.15, 0.2) is 0 Å². The third-order valence-corrected chi connectivity index (χ3v) is 3.50. The lowest BCUT2D eigenvalue weighted by atomic mass is 10.1. The predicted octanol–water partition coefficient (Wildman–Crippen LogP) is 5.02. The molecule has 92 valence electrons. The van der Waals surface area contributed by atoms with Gasteiger partial charge in [-0.25, -0.2) is 0 Å². The van der Waals surface area contributed by atoms with Crippen LogP contribution in [0.5, 0.6) is 0 Å². The summed E-state index contributed by atoms with van der Waals surface area (Å²) in [7, 11) is -1.44. The second-order valence-electron chi connectivity index (χ2n) is 5.64. The lowest BCUT2D eigenvalue weighted by molar-refractivity contribution is 0.405. The fraction of sp³-hybridized carbons (Fsp3) is 0.714. The summed E-state index contributed by atoms with van der Waals surface area (Å²) >= 11 is 0. The molecule has 0 spiro atoms. The monoisotopic (exact) mass is 238 g/mol. The van der Waals surface area contributed by atoms with Crippen LogP contribution in [0.2, 0.25) is 19.6 Å². The summed E-state index contributed by atoms with van der Waals surface area (Å²) in [5, 5.41) is 0. The summed E-state index contributed by atoms with van der Waals surface area (Å²) in [5.74, 6) is 1.28. The van der Waals surface area contributed by atoms with Crippen LogP contribution in [-0.2, 0) is 4.43 Å². The maximum absolute atomic E-state index is 6.21. The lowest BCUT2D eigenvalue weighted by Gasteiger charge is -2.22. The standard InChI is InChI=1S/C14H26OSi/c1-6-8-12-10-13(9-7-2)14(11-12)15-16(3,4)5/h10H,6-9,11H2,1-5H3. The third kappa shape index (κ3) is 4.16. The Labute approximate surface area is 102 Å². The molecule has 2 heteroatoms. The molecule has 0 N–H and O–H groups in total. The summed E-state index contributed by atoms with van der Waals surface area (Å²) in [6, 6.07) is 0. The van der Waals surface area contributed by atoms with Gasteiger partial charge in [0, 0.05) is 6.42 Å². The second kappa shape index (κ2) is 5.71. The number of rotatable bonds is 6. The molecule has 0 bridgehead atoms. The fourth-order valence-corrected chi connectivity index (χ4v) is 3.07. The van der Waals surface area contributed by atoms with Crippen molar-refractivity contribution in [3.8, 4) is 0 Å². The molecule has 0 amide bonds. The molecule has 0 atom stereocenters. The van der Waals surface area contributed by atoms with E-state index in [9.17, 15) is 0 Å². The highest BCUT2D eigenvalue weighted by Gasteiger charge is 2.23. The van der Waals surface area contributed by atoms with Crippen molar-refractivity contribution in [2.45, 2.75) is 65.6 Å².